The molecule has 0 saturated carbocycles. The smallest absolute Gasteiger partial charge is 0.303 e. The number of rotatable bonds is 5. The number of carbonyl (C=O) groups is 1. The predicted molar refractivity (Wildman–Crippen MR) is 59.4 cm³/mol. The van der Waals surface area contributed by atoms with Crippen molar-refractivity contribution in [1.29, 1.82) is 0 Å². The molecule has 0 aromatic heterocycles. The van der Waals surface area contributed by atoms with Crippen molar-refractivity contribution in [2.75, 3.05) is 11.9 Å². The fourth-order valence-electron chi connectivity index (χ4n) is 1.12. The van der Waals surface area contributed by atoms with Gasteiger partial charge in [-0.3, -0.25) is 4.79 Å². The Morgan fingerprint density at radius 3 is 2.69 bits per heavy atom. The first-order chi connectivity index (χ1) is 7.50. The SMILES string of the molecule is O=C(O)CCCNc1cc(Br)c(F)cc1F. The van der Waals surface area contributed by atoms with Gasteiger partial charge in [0.25, 0.3) is 0 Å². The Bertz CT molecular complexity index is 399. The van der Waals surface area contributed by atoms with E-state index in [1.165, 1.54) is 6.07 Å². The van der Waals surface area contributed by atoms with Crippen molar-refractivity contribution in [3.8, 4) is 0 Å². The molecule has 1 aromatic rings. The third-order valence-corrected chi connectivity index (χ3v) is 2.50. The zero-order valence-electron chi connectivity index (χ0n) is 8.27. The monoisotopic (exact) mass is 293 g/mol. The molecule has 0 amide bonds. The Labute approximate surface area is 99.6 Å². The summed E-state index contributed by atoms with van der Waals surface area (Å²) in [4.78, 5) is 10.2. The first-order valence-corrected chi connectivity index (χ1v) is 5.40. The molecule has 0 aliphatic heterocycles. The van der Waals surface area contributed by atoms with Gasteiger partial charge in [-0.05, 0) is 28.4 Å². The molecule has 0 heterocycles. The molecule has 0 aliphatic rings. The lowest BCUT2D eigenvalue weighted by Gasteiger charge is -2.07. The Hall–Kier alpha value is -1.17. The molecule has 0 spiro atoms. The summed E-state index contributed by atoms with van der Waals surface area (Å²) in [5, 5.41) is 11.1. The fraction of sp³-hybridized carbons (Fsp3) is 0.300. The third-order valence-electron chi connectivity index (χ3n) is 1.89. The first-order valence-electron chi connectivity index (χ1n) is 4.61. The van der Waals surface area contributed by atoms with Gasteiger partial charge in [-0.25, -0.2) is 8.78 Å². The van der Waals surface area contributed by atoms with Crippen molar-refractivity contribution in [2.24, 2.45) is 0 Å². The van der Waals surface area contributed by atoms with Crippen LogP contribution in [0.1, 0.15) is 12.8 Å². The maximum Gasteiger partial charge on any atom is 0.303 e. The van der Waals surface area contributed by atoms with Gasteiger partial charge < -0.3 is 10.4 Å². The molecule has 1 rings (SSSR count). The maximum absolute atomic E-state index is 13.2. The van der Waals surface area contributed by atoms with Gasteiger partial charge in [0.15, 0.2) is 0 Å². The number of carboxylic acids is 1. The van der Waals surface area contributed by atoms with Crippen LogP contribution in [0.5, 0.6) is 0 Å². The van der Waals surface area contributed by atoms with Gasteiger partial charge in [0.05, 0.1) is 10.2 Å². The number of aliphatic carboxylic acids is 1. The molecule has 2 N–H and O–H groups in total. The number of halogens is 3. The largest absolute Gasteiger partial charge is 0.481 e. The van der Waals surface area contributed by atoms with Gasteiger partial charge in [-0.1, -0.05) is 0 Å². The van der Waals surface area contributed by atoms with E-state index in [2.05, 4.69) is 21.2 Å². The van der Waals surface area contributed by atoms with E-state index < -0.39 is 17.6 Å². The standard InChI is InChI=1S/C10H10BrF2NO2/c11-6-4-9(8(13)5-7(6)12)14-3-1-2-10(15)16/h4-5,14H,1-3H2,(H,15,16). The van der Waals surface area contributed by atoms with E-state index in [1.54, 1.807) is 0 Å². The van der Waals surface area contributed by atoms with Crippen LogP contribution in [0, 0.1) is 11.6 Å². The van der Waals surface area contributed by atoms with Crippen LogP contribution < -0.4 is 5.32 Å². The van der Waals surface area contributed by atoms with Gasteiger partial charge >= 0.3 is 5.97 Å². The van der Waals surface area contributed by atoms with Crippen molar-refractivity contribution >= 4 is 27.6 Å². The van der Waals surface area contributed by atoms with E-state index in [1.807, 2.05) is 0 Å². The molecule has 6 heteroatoms. The predicted octanol–water partition coefficient (Wildman–Crippen LogP) is 3.00. The summed E-state index contributed by atoms with van der Waals surface area (Å²) in [5.41, 5.74) is 0.152. The van der Waals surface area contributed by atoms with Gasteiger partial charge in [0, 0.05) is 19.0 Å². The molecule has 0 aliphatic carbocycles. The zero-order chi connectivity index (χ0) is 12.1. The molecular weight excluding hydrogens is 284 g/mol. The van der Waals surface area contributed by atoms with E-state index in [9.17, 15) is 13.6 Å². The Kier molecular flexibility index (Phi) is 4.67. The second-order valence-corrected chi connectivity index (χ2v) is 4.02. The highest BCUT2D eigenvalue weighted by atomic mass is 79.9. The van der Waals surface area contributed by atoms with Crippen LogP contribution in [0.4, 0.5) is 14.5 Å². The fourth-order valence-corrected chi connectivity index (χ4v) is 1.46. The Morgan fingerprint density at radius 2 is 2.06 bits per heavy atom. The molecule has 16 heavy (non-hydrogen) atoms. The summed E-state index contributed by atoms with van der Waals surface area (Å²) < 4.78 is 26.2. The highest BCUT2D eigenvalue weighted by Gasteiger charge is 2.07. The number of carboxylic acid groups (broad SMARTS) is 1. The number of anilines is 1. The van der Waals surface area contributed by atoms with Crippen LogP contribution >= 0.6 is 15.9 Å². The van der Waals surface area contributed by atoms with Gasteiger partial charge in [-0.15, -0.1) is 0 Å². The van der Waals surface area contributed by atoms with Crippen molar-refractivity contribution in [3.05, 3.63) is 28.2 Å². The first kappa shape index (κ1) is 12.9. The number of nitrogens with one attached hydrogen (secondary N) is 1. The second kappa shape index (κ2) is 5.79. The summed E-state index contributed by atoms with van der Waals surface area (Å²) in [6, 6.07) is 2.05. The van der Waals surface area contributed by atoms with Crippen LogP contribution in [-0.2, 0) is 4.79 Å². The summed E-state index contributed by atoms with van der Waals surface area (Å²) in [5.74, 6) is -2.27. The molecule has 3 nitrogen and oxygen atoms in total. The van der Waals surface area contributed by atoms with E-state index in [-0.39, 0.29) is 16.6 Å². The van der Waals surface area contributed by atoms with Crippen LogP contribution in [0.25, 0.3) is 0 Å². The number of hydrogen-bond acceptors (Lipinski definition) is 2. The Balaban J connectivity index is 2.54. The van der Waals surface area contributed by atoms with E-state index >= 15 is 0 Å². The quantitative estimate of drug-likeness (QED) is 0.648. The molecule has 88 valence electrons. The zero-order valence-corrected chi connectivity index (χ0v) is 9.85. The third kappa shape index (κ3) is 3.77. The normalized spacial score (nSPS) is 10.2. The lowest BCUT2D eigenvalue weighted by molar-refractivity contribution is -0.137. The average Bonchev–Trinajstić information content (AvgIpc) is 2.19. The molecule has 0 radical (unpaired) electrons. The van der Waals surface area contributed by atoms with Crippen LogP contribution in [0.15, 0.2) is 16.6 Å². The topological polar surface area (TPSA) is 49.3 Å². The lowest BCUT2D eigenvalue weighted by atomic mass is 10.2. The summed E-state index contributed by atoms with van der Waals surface area (Å²) in [7, 11) is 0. The molecular formula is C10H10BrF2NO2. The second-order valence-electron chi connectivity index (χ2n) is 3.17. The summed E-state index contributed by atoms with van der Waals surface area (Å²) >= 11 is 2.94. The van der Waals surface area contributed by atoms with Gasteiger partial charge in [0.1, 0.15) is 11.6 Å². The van der Waals surface area contributed by atoms with E-state index in [0.717, 1.165) is 6.07 Å². The van der Waals surface area contributed by atoms with Crippen LogP contribution in [-0.4, -0.2) is 17.6 Å². The molecule has 0 fully saturated rings. The maximum atomic E-state index is 13.2. The Morgan fingerprint density at radius 1 is 1.38 bits per heavy atom. The van der Waals surface area contributed by atoms with Crippen molar-refractivity contribution in [3.63, 3.8) is 0 Å². The molecule has 0 bridgehead atoms. The van der Waals surface area contributed by atoms with Crippen molar-refractivity contribution in [1.82, 2.24) is 0 Å². The van der Waals surface area contributed by atoms with E-state index in [4.69, 9.17) is 5.11 Å². The lowest BCUT2D eigenvalue weighted by Crippen LogP contribution is -2.06. The minimum absolute atomic E-state index is 0.0109. The molecule has 0 unspecified atom stereocenters. The van der Waals surface area contributed by atoms with Gasteiger partial charge in [-0.2, -0.15) is 0 Å². The average molecular weight is 294 g/mol. The van der Waals surface area contributed by atoms with Crippen LogP contribution in [0.3, 0.4) is 0 Å². The van der Waals surface area contributed by atoms with Crippen LogP contribution in [0.2, 0.25) is 0 Å². The van der Waals surface area contributed by atoms with Crippen molar-refractivity contribution < 1.29 is 18.7 Å². The number of benzene rings is 1. The summed E-state index contributed by atoms with van der Waals surface area (Å²) in [6.45, 7) is 0.321. The molecule has 0 atom stereocenters. The molecule has 0 saturated heterocycles. The summed E-state index contributed by atoms with van der Waals surface area (Å²) in [6.07, 6.45) is 0.390. The highest BCUT2D eigenvalue weighted by molar-refractivity contribution is 9.10. The minimum atomic E-state index is -0.900. The molecule has 1 aromatic carbocycles. The van der Waals surface area contributed by atoms with Crippen molar-refractivity contribution in [2.45, 2.75) is 12.8 Å². The highest BCUT2D eigenvalue weighted by Crippen LogP contribution is 2.23. The van der Waals surface area contributed by atoms with Gasteiger partial charge in [0.2, 0.25) is 0 Å². The number of hydrogen-bond donors (Lipinski definition) is 2. The minimum Gasteiger partial charge on any atom is -0.481 e. The van der Waals surface area contributed by atoms with E-state index in [0.29, 0.717) is 13.0 Å².